The molecule has 0 saturated heterocycles. The number of allylic oxidation sites excluding steroid dienone is 1. The third kappa shape index (κ3) is 5.92. The van der Waals surface area contributed by atoms with Crippen LogP contribution in [0.2, 0.25) is 0 Å². The van der Waals surface area contributed by atoms with E-state index in [1.165, 1.54) is 17.7 Å². The molecule has 6 heteroatoms. The monoisotopic (exact) mass is 490 g/mol. The Kier molecular flexibility index (Phi) is 7.90. The lowest BCUT2D eigenvalue weighted by Gasteiger charge is -2.33. The number of benzene rings is 1. The first-order valence-corrected chi connectivity index (χ1v) is 13.7. The Balaban J connectivity index is 1.42. The van der Waals surface area contributed by atoms with Crippen LogP contribution >= 0.6 is 11.8 Å². The number of hydrogen-bond acceptors (Lipinski definition) is 4. The van der Waals surface area contributed by atoms with Crippen molar-refractivity contribution >= 4 is 34.4 Å². The highest BCUT2D eigenvalue weighted by Gasteiger charge is 2.29. The lowest BCUT2D eigenvalue weighted by Crippen LogP contribution is -2.25. The zero-order valence-electron chi connectivity index (χ0n) is 21.6. The third-order valence-corrected chi connectivity index (χ3v) is 8.25. The number of anilines is 1. The summed E-state index contributed by atoms with van der Waals surface area (Å²) in [4.78, 5) is 23.0. The number of fused-ring (bicyclic) bond motifs is 1. The van der Waals surface area contributed by atoms with E-state index in [9.17, 15) is 4.79 Å². The second-order valence-corrected chi connectivity index (χ2v) is 11.7. The molecule has 1 aliphatic carbocycles. The van der Waals surface area contributed by atoms with Gasteiger partial charge in [-0.15, -0.1) is 0 Å². The van der Waals surface area contributed by atoms with E-state index in [4.69, 9.17) is 0 Å². The molecule has 1 unspecified atom stereocenters. The number of carbonyl (C=O) groups excluding carboxylic acids is 1. The van der Waals surface area contributed by atoms with E-state index in [1.807, 2.05) is 24.0 Å². The SMILES string of the molecule is CCN(CC)c1ccc(CNC(=O)c2cc3cc([C@@]4(C)C=CC(SC(C)C)CC4)cnc3[nH]2)cc1. The van der Waals surface area contributed by atoms with Crippen molar-refractivity contribution in [3.05, 3.63) is 71.6 Å². The molecule has 1 aliphatic rings. The molecule has 0 aliphatic heterocycles. The van der Waals surface area contributed by atoms with Crippen molar-refractivity contribution in [2.45, 2.75) is 69.9 Å². The van der Waals surface area contributed by atoms with Gasteiger partial charge in [-0.2, -0.15) is 11.8 Å². The van der Waals surface area contributed by atoms with Crippen LogP contribution in [0.1, 0.15) is 69.1 Å². The Hall–Kier alpha value is -2.73. The van der Waals surface area contributed by atoms with Crippen molar-refractivity contribution < 1.29 is 4.79 Å². The first-order chi connectivity index (χ1) is 16.8. The minimum Gasteiger partial charge on any atom is -0.372 e. The molecule has 0 saturated carbocycles. The van der Waals surface area contributed by atoms with E-state index >= 15 is 0 Å². The quantitative estimate of drug-likeness (QED) is 0.338. The molecule has 0 fully saturated rings. The van der Waals surface area contributed by atoms with Crippen LogP contribution in [0.5, 0.6) is 0 Å². The Labute approximate surface area is 213 Å². The lowest BCUT2D eigenvalue weighted by atomic mass is 9.75. The molecule has 186 valence electrons. The van der Waals surface area contributed by atoms with Crippen molar-refractivity contribution in [1.82, 2.24) is 15.3 Å². The van der Waals surface area contributed by atoms with Gasteiger partial charge in [0, 0.05) is 47.6 Å². The fourth-order valence-electron chi connectivity index (χ4n) is 4.79. The molecule has 0 radical (unpaired) electrons. The van der Waals surface area contributed by atoms with Crippen LogP contribution in [-0.2, 0) is 12.0 Å². The Morgan fingerprint density at radius 2 is 1.97 bits per heavy atom. The first kappa shape index (κ1) is 25.4. The number of amides is 1. The Bertz CT molecular complexity index is 1180. The Morgan fingerprint density at radius 1 is 1.23 bits per heavy atom. The van der Waals surface area contributed by atoms with Gasteiger partial charge < -0.3 is 15.2 Å². The summed E-state index contributed by atoms with van der Waals surface area (Å²) in [6.07, 6.45) is 8.95. The van der Waals surface area contributed by atoms with Crippen molar-refractivity contribution in [2.75, 3.05) is 18.0 Å². The maximum absolute atomic E-state index is 12.8. The van der Waals surface area contributed by atoms with Crippen LogP contribution in [0, 0.1) is 0 Å². The highest BCUT2D eigenvalue weighted by molar-refractivity contribution is 8.00. The van der Waals surface area contributed by atoms with Gasteiger partial charge in [0.2, 0.25) is 0 Å². The van der Waals surface area contributed by atoms with Gasteiger partial charge in [-0.3, -0.25) is 4.79 Å². The summed E-state index contributed by atoms with van der Waals surface area (Å²) < 4.78 is 0. The zero-order valence-corrected chi connectivity index (χ0v) is 22.4. The average Bonchev–Trinajstić information content (AvgIpc) is 3.29. The number of carbonyl (C=O) groups is 1. The molecule has 2 heterocycles. The number of nitrogens with one attached hydrogen (secondary N) is 2. The molecule has 1 aromatic carbocycles. The van der Waals surface area contributed by atoms with Crippen LogP contribution < -0.4 is 10.2 Å². The second-order valence-electron chi connectivity index (χ2n) is 9.90. The summed E-state index contributed by atoms with van der Waals surface area (Å²) in [7, 11) is 0. The van der Waals surface area contributed by atoms with E-state index in [0.717, 1.165) is 36.1 Å². The number of thioether (sulfide) groups is 1. The molecule has 2 aromatic heterocycles. The number of H-pyrrole nitrogens is 1. The molecule has 1 amide bonds. The second kappa shape index (κ2) is 10.9. The van der Waals surface area contributed by atoms with Crippen LogP contribution in [0.15, 0.2) is 54.7 Å². The summed E-state index contributed by atoms with van der Waals surface area (Å²) in [6.45, 7) is 13.6. The van der Waals surface area contributed by atoms with Crippen molar-refractivity contribution in [3.8, 4) is 0 Å². The van der Waals surface area contributed by atoms with Gasteiger partial charge in [0.25, 0.3) is 5.91 Å². The average molecular weight is 491 g/mol. The van der Waals surface area contributed by atoms with Crippen molar-refractivity contribution in [2.24, 2.45) is 0 Å². The van der Waals surface area contributed by atoms with Crippen LogP contribution in [-0.4, -0.2) is 39.5 Å². The van der Waals surface area contributed by atoms with Gasteiger partial charge in [-0.25, -0.2) is 4.98 Å². The fourth-order valence-corrected chi connectivity index (χ4v) is 5.91. The van der Waals surface area contributed by atoms with E-state index in [2.05, 4.69) is 97.3 Å². The minimum absolute atomic E-state index is 0.0216. The van der Waals surface area contributed by atoms with E-state index in [1.54, 1.807) is 0 Å². The molecule has 3 aromatic rings. The lowest BCUT2D eigenvalue weighted by molar-refractivity contribution is 0.0946. The molecule has 2 atom stereocenters. The molecule has 5 nitrogen and oxygen atoms in total. The molecular formula is C29H38N4OS. The summed E-state index contributed by atoms with van der Waals surface area (Å²) in [6, 6.07) is 12.5. The van der Waals surface area contributed by atoms with Gasteiger partial charge in [0.15, 0.2) is 0 Å². The highest BCUT2D eigenvalue weighted by Crippen LogP contribution is 2.39. The van der Waals surface area contributed by atoms with Crippen molar-refractivity contribution in [3.63, 3.8) is 0 Å². The number of aromatic nitrogens is 2. The smallest absolute Gasteiger partial charge is 0.268 e. The molecule has 2 N–H and O–H groups in total. The van der Waals surface area contributed by atoms with Gasteiger partial charge in [0.1, 0.15) is 11.3 Å². The van der Waals surface area contributed by atoms with Crippen molar-refractivity contribution in [1.29, 1.82) is 0 Å². The molecule has 0 spiro atoms. The van der Waals surface area contributed by atoms with Gasteiger partial charge >= 0.3 is 0 Å². The molecule has 35 heavy (non-hydrogen) atoms. The summed E-state index contributed by atoms with van der Waals surface area (Å²) in [5.41, 5.74) is 4.76. The van der Waals surface area contributed by atoms with Crippen LogP contribution in [0.4, 0.5) is 5.69 Å². The number of rotatable bonds is 9. The van der Waals surface area contributed by atoms with Gasteiger partial charge in [-0.05, 0) is 67.3 Å². The summed E-state index contributed by atoms with van der Waals surface area (Å²) >= 11 is 2.03. The topological polar surface area (TPSA) is 61.0 Å². The normalized spacial score (nSPS) is 19.9. The van der Waals surface area contributed by atoms with E-state index < -0.39 is 0 Å². The number of nitrogens with zero attached hydrogens (tertiary/aromatic N) is 2. The predicted molar refractivity (Wildman–Crippen MR) is 150 cm³/mol. The maximum Gasteiger partial charge on any atom is 0.268 e. The van der Waals surface area contributed by atoms with Gasteiger partial charge in [-0.1, -0.05) is 45.1 Å². The Morgan fingerprint density at radius 3 is 2.60 bits per heavy atom. The molecule has 0 bridgehead atoms. The van der Waals surface area contributed by atoms with Crippen LogP contribution in [0.25, 0.3) is 11.0 Å². The number of pyridine rings is 1. The summed E-state index contributed by atoms with van der Waals surface area (Å²) in [5.74, 6) is -0.116. The number of aromatic amines is 1. The largest absolute Gasteiger partial charge is 0.372 e. The first-order valence-electron chi connectivity index (χ1n) is 12.8. The maximum atomic E-state index is 12.8. The third-order valence-electron chi connectivity index (χ3n) is 6.97. The zero-order chi connectivity index (χ0) is 25.0. The molecule has 4 rings (SSSR count). The standard InChI is InChI=1S/C29H38N4OS/c1-6-33(7-2)24-10-8-21(9-11-24)18-31-28(34)26-17-22-16-23(19-30-27(22)32-26)29(5)14-12-25(13-15-29)35-20(3)4/h8-12,14,16-17,19-20,25H,6-7,13,15,18H2,1-5H3,(H,30,32)(H,31,34)/t25?,29-/m0/s1. The summed E-state index contributed by atoms with van der Waals surface area (Å²) in [5, 5.41) is 5.25. The number of hydrogen-bond donors (Lipinski definition) is 2. The molecular weight excluding hydrogens is 452 g/mol. The van der Waals surface area contributed by atoms with E-state index in [-0.39, 0.29) is 11.3 Å². The van der Waals surface area contributed by atoms with Gasteiger partial charge in [0.05, 0.1) is 0 Å². The minimum atomic E-state index is -0.116. The van der Waals surface area contributed by atoms with E-state index in [0.29, 0.717) is 22.7 Å². The predicted octanol–water partition coefficient (Wildman–Crippen LogP) is 6.46. The highest BCUT2D eigenvalue weighted by atomic mass is 32.2. The van der Waals surface area contributed by atoms with Crippen LogP contribution in [0.3, 0.4) is 0 Å². The fraction of sp³-hybridized carbons (Fsp3) is 0.448.